The lowest BCUT2D eigenvalue weighted by atomic mass is 9.83. The zero-order chi connectivity index (χ0) is 17.6. The lowest BCUT2D eigenvalue weighted by Crippen LogP contribution is -2.34. The van der Waals surface area contributed by atoms with Gasteiger partial charge in [0, 0.05) is 4.47 Å². The van der Waals surface area contributed by atoms with Crippen molar-refractivity contribution in [1.29, 1.82) is 10.5 Å². The topological polar surface area (TPSA) is 88.9 Å². The molecule has 0 fully saturated rings. The quantitative estimate of drug-likeness (QED) is 0.771. The minimum Gasteiger partial charge on any atom is -0.384 e. The molecule has 0 saturated heterocycles. The Morgan fingerprint density at radius 1 is 1.04 bits per heavy atom. The number of halogens is 1. The van der Waals surface area contributed by atoms with Gasteiger partial charge in [0.15, 0.2) is 0 Å². The van der Waals surface area contributed by atoms with Gasteiger partial charge in [-0.15, -0.1) is 0 Å². The van der Waals surface area contributed by atoms with Crippen LogP contribution in [-0.4, -0.2) is 0 Å². The third-order valence-corrected chi connectivity index (χ3v) is 4.89. The zero-order valence-electron chi connectivity index (χ0n) is 13.0. The number of anilines is 2. The summed E-state index contributed by atoms with van der Waals surface area (Å²) in [5.74, 6) is 0.463. The summed E-state index contributed by atoms with van der Waals surface area (Å²) in [4.78, 5) is 1.75. The van der Waals surface area contributed by atoms with Crippen LogP contribution in [0.3, 0.4) is 0 Å². The molecule has 2 heterocycles. The molecule has 3 N–H and O–H groups in total. The largest absolute Gasteiger partial charge is 0.384 e. The average molecular weight is 390 g/mol. The van der Waals surface area contributed by atoms with Gasteiger partial charge in [0.2, 0.25) is 0 Å². The molecule has 5 nitrogen and oxygen atoms in total. The highest BCUT2D eigenvalue weighted by atomic mass is 79.9. The molecule has 0 bridgehead atoms. The van der Waals surface area contributed by atoms with Crippen LogP contribution in [-0.2, 0) is 0 Å². The fourth-order valence-corrected chi connectivity index (χ4v) is 3.74. The number of benzene rings is 2. The number of nitrogens with zero attached hydrogens (tertiary/aromatic N) is 3. The summed E-state index contributed by atoms with van der Waals surface area (Å²) < 4.78 is 0.883. The SMILES string of the molecule is N#CC1=C(N)N2C(=C(C#N)[C@@H]1c1cccc(Br)c1)Nc1ccccc12. The minimum atomic E-state index is -0.499. The second kappa shape index (κ2) is 5.70. The molecule has 0 amide bonds. The number of para-hydroxylation sites is 2. The van der Waals surface area contributed by atoms with Gasteiger partial charge in [-0.05, 0) is 29.8 Å². The molecule has 2 aliphatic rings. The smallest absolute Gasteiger partial charge is 0.131 e. The van der Waals surface area contributed by atoms with Gasteiger partial charge in [0.05, 0.1) is 40.6 Å². The van der Waals surface area contributed by atoms with E-state index in [2.05, 4.69) is 33.4 Å². The second-order valence-corrected chi connectivity index (χ2v) is 6.67. The van der Waals surface area contributed by atoms with Crippen LogP contribution < -0.4 is 16.0 Å². The predicted molar refractivity (Wildman–Crippen MR) is 98.9 cm³/mol. The molecule has 25 heavy (non-hydrogen) atoms. The van der Waals surface area contributed by atoms with E-state index in [9.17, 15) is 10.5 Å². The minimum absolute atomic E-state index is 0.346. The number of hydrogen-bond acceptors (Lipinski definition) is 5. The fourth-order valence-electron chi connectivity index (χ4n) is 3.32. The molecular weight excluding hydrogens is 378 g/mol. The van der Waals surface area contributed by atoms with Gasteiger partial charge in [-0.2, -0.15) is 10.5 Å². The van der Waals surface area contributed by atoms with Crippen LogP contribution >= 0.6 is 15.9 Å². The lowest BCUT2D eigenvalue weighted by molar-refractivity contribution is 0.868. The number of allylic oxidation sites excluding steroid dienone is 2. The van der Waals surface area contributed by atoms with Crippen molar-refractivity contribution < 1.29 is 0 Å². The molecule has 2 aromatic rings. The molecule has 0 spiro atoms. The molecule has 4 rings (SSSR count). The van der Waals surface area contributed by atoms with Crippen LogP contribution in [0.25, 0.3) is 0 Å². The number of nitriles is 2. The van der Waals surface area contributed by atoms with Crippen LogP contribution in [0, 0.1) is 22.7 Å². The second-order valence-electron chi connectivity index (χ2n) is 5.75. The first-order valence-corrected chi connectivity index (χ1v) is 8.40. The first-order valence-electron chi connectivity index (χ1n) is 7.61. The van der Waals surface area contributed by atoms with Gasteiger partial charge in [0.1, 0.15) is 11.6 Å². The van der Waals surface area contributed by atoms with Gasteiger partial charge >= 0.3 is 0 Å². The van der Waals surface area contributed by atoms with Crippen molar-refractivity contribution >= 4 is 27.3 Å². The van der Waals surface area contributed by atoms with E-state index < -0.39 is 5.92 Å². The van der Waals surface area contributed by atoms with E-state index in [1.54, 1.807) is 4.90 Å². The summed E-state index contributed by atoms with van der Waals surface area (Å²) in [5.41, 5.74) is 9.75. The van der Waals surface area contributed by atoms with Crippen LogP contribution in [0.15, 0.2) is 75.8 Å². The number of nitrogens with one attached hydrogen (secondary N) is 1. The Bertz CT molecular complexity index is 1040. The third kappa shape index (κ3) is 2.20. The van der Waals surface area contributed by atoms with E-state index in [-0.39, 0.29) is 0 Å². The van der Waals surface area contributed by atoms with Crippen LogP contribution in [0.5, 0.6) is 0 Å². The summed E-state index contributed by atoms with van der Waals surface area (Å²) in [6.45, 7) is 0. The number of rotatable bonds is 1. The summed E-state index contributed by atoms with van der Waals surface area (Å²) in [7, 11) is 0. The van der Waals surface area contributed by atoms with Crippen molar-refractivity contribution in [1.82, 2.24) is 0 Å². The van der Waals surface area contributed by atoms with Crippen molar-refractivity contribution in [3.05, 3.63) is 81.4 Å². The van der Waals surface area contributed by atoms with Crippen molar-refractivity contribution in [2.45, 2.75) is 5.92 Å². The number of hydrogen-bond donors (Lipinski definition) is 2. The van der Waals surface area contributed by atoms with E-state index in [1.807, 2.05) is 48.5 Å². The summed E-state index contributed by atoms with van der Waals surface area (Å²) >= 11 is 3.45. The Hall–Kier alpha value is -3.22. The Morgan fingerprint density at radius 3 is 2.52 bits per heavy atom. The van der Waals surface area contributed by atoms with Crippen LogP contribution in [0.2, 0.25) is 0 Å². The molecule has 1 atom stereocenters. The molecule has 6 heteroatoms. The Morgan fingerprint density at radius 2 is 1.80 bits per heavy atom. The monoisotopic (exact) mass is 389 g/mol. The summed E-state index contributed by atoms with van der Waals surface area (Å²) in [5, 5.41) is 22.9. The maximum absolute atomic E-state index is 9.86. The van der Waals surface area contributed by atoms with Gasteiger partial charge in [-0.25, -0.2) is 0 Å². The fraction of sp³-hybridized carbons (Fsp3) is 0.0526. The third-order valence-electron chi connectivity index (χ3n) is 4.39. The molecule has 120 valence electrons. The molecule has 0 radical (unpaired) electrons. The predicted octanol–water partition coefficient (Wildman–Crippen LogP) is 3.91. The summed E-state index contributed by atoms with van der Waals surface area (Å²) in [6.07, 6.45) is 0. The average Bonchev–Trinajstić information content (AvgIpc) is 3.01. The highest BCUT2D eigenvalue weighted by molar-refractivity contribution is 9.10. The maximum atomic E-state index is 9.86. The van der Waals surface area contributed by atoms with Gasteiger partial charge in [-0.3, -0.25) is 4.90 Å². The highest BCUT2D eigenvalue weighted by Gasteiger charge is 2.40. The van der Waals surface area contributed by atoms with Crippen molar-refractivity contribution in [3.8, 4) is 12.1 Å². The van der Waals surface area contributed by atoms with Crippen molar-refractivity contribution in [2.75, 3.05) is 10.2 Å². The Labute approximate surface area is 153 Å². The Kier molecular flexibility index (Phi) is 3.49. The molecule has 2 aromatic carbocycles. The van der Waals surface area contributed by atoms with Crippen molar-refractivity contribution in [3.63, 3.8) is 0 Å². The lowest BCUT2D eigenvalue weighted by Gasteiger charge is -2.31. The van der Waals surface area contributed by atoms with E-state index in [0.29, 0.717) is 22.8 Å². The van der Waals surface area contributed by atoms with Crippen LogP contribution in [0.4, 0.5) is 11.4 Å². The first kappa shape index (κ1) is 15.3. The molecule has 0 saturated carbocycles. The Balaban J connectivity index is 1.98. The molecule has 0 unspecified atom stereocenters. The molecular formula is C19H12BrN5. The standard InChI is InChI=1S/C19H12BrN5/c20-12-5-3-4-11(8-12)17-13(9-21)18(23)25-16-7-2-1-6-15(16)24-19(25)14(17)10-22/h1-8,17,24H,23H2/t17-/m1/s1. The summed E-state index contributed by atoms with van der Waals surface area (Å²) in [6, 6.07) is 19.7. The number of nitrogens with two attached hydrogens (primary N) is 1. The maximum Gasteiger partial charge on any atom is 0.131 e. The first-order chi connectivity index (χ1) is 12.2. The van der Waals surface area contributed by atoms with Gasteiger partial charge < -0.3 is 11.1 Å². The van der Waals surface area contributed by atoms with Crippen molar-refractivity contribution in [2.24, 2.45) is 5.73 Å². The highest BCUT2D eigenvalue weighted by Crippen LogP contribution is 2.47. The van der Waals surface area contributed by atoms with E-state index in [1.165, 1.54) is 0 Å². The molecule has 0 aliphatic carbocycles. The normalized spacial score (nSPS) is 18.2. The molecule has 2 aliphatic heterocycles. The molecule has 0 aromatic heterocycles. The number of fused-ring (bicyclic) bond motifs is 3. The van der Waals surface area contributed by atoms with Gasteiger partial charge in [0.25, 0.3) is 0 Å². The zero-order valence-corrected chi connectivity index (χ0v) is 14.6. The van der Waals surface area contributed by atoms with Crippen LogP contribution in [0.1, 0.15) is 11.5 Å². The van der Waals surface area contributed by atoms with E-state index in [0.717, 1.165) is 21.4 Å². The van der Waals surface area contributed by atoms with E-state index >= 15 is 0 Å². The van der Waals surface area contributed by atoms with Gasteiger partial charge in [-0.1, -0.05) is 40.2 Å². The van der Waals surface area contributed by atoms with E-state index in [4.69, 9.17) is 5.73 Å².